The van der Waals surface area contributed by atoms with Crippen LogP contribution in [0, 0.1) is 6.92 Å². The number of carbonyl (C=O) groups is 2. The SMILES string of the molecule is COc1ccc(/C=C/C(=O)OCC(=O)Nc2ccc(Cl)cc2C)cc1. The maximum absolute atomic E-state index is 11.8. The molecule has 2 rings (SSSR count). The Hall–Kier alpha value is -2.79. The number of amides is 1. The lowest BCUT2D eigenvalue weighted by atomic mass is 10.2. The molecule has 0 aliphatic heterocycles. The Morgan fingerprint density at radius 3 is 2.52 bits per heavy atom. The molecule has 2 aromatic rings. The number of halogens is 1. The summed E-state index contributed by atoms with van der Waals surface area (Å²) in [6.45, 7) is 1.46. The minimum absolute atomic E-state index is 0.367. The number of esters is 1. The van der Waals surface area contributed by atoms with Gasteiger partial charge in [-0.05, 0) is 54.5 Å². The van der Waals surface area contributed by atoms with E-state index in [0.717, 1.165) is 16.9 Å². The summed E-state index contributed by atoms with van der Waals surface area (Å²) >= 11 is 5.86. The first-order valence-electron chi connectivity index (χ1n) is 7.53. The zero-order valence-corrected chi connectivity index (χ0v) is 14.7. The van der Waals surface area contributed by atoms with Crippen LogP contribution in [0.15, 0.2) is 48.5 Å². The molecule has 0 unspecified atom stereocenters. The third kappa shape index (κ3) is 5.97. The van der Waals surface area contributed by atoms with Gasteiger partial charge >= 0.3 is 5.97 Å². The number of nitrogens with one attached hydrogen (secondary N) is 1. The largest absolute Gasteiger partial charge is 0.497 e. The number of rotatable bonds is 6. The summed E-state index contributed by atoms with van der Waals surface area (Å²) in [5.41, 5.74) is 2.27. The number of carbonyl (C=O) groups excluding carboxylic acids is 2. The molecule has 5 nitrogen and oxygen atoms in total. The van der Waals surface area contributed by atoms with Crippen LogP contribution < -0.4 is 10.1 Å². The molecule has 0 heterocycles. The van der Waals surface area contributed by atoms with E-state index >= 15 is 0 Å². The third-order valence-electron chi connectivity index (χ3n) is 3.34. The van der Waals surface area contributed by atoms with Gasteiger partial charge in [0.1, 0.15) is 5.75 Å². The summed E-state index contributed by atoms with van der Waals surface area (Å²) in [6, 6.07) is 12.3. The average Bonchev–Trinajstić information content (AvgIpc) is 2.61. The zero-order valence-electron chi connectivity index (χ0n) is 13.9. The number of hydrogen-bond donors (Lipinski definition) is 1. The van der Waals surface area contributed by atoms with Gasteiger partial charge in [-0.1, -0.05) is 23.7 Å². The number of hydrogen-bond acceptors (Lipinski definition) is 4. The Bertz CT molecular complexity index is 785. The van der Waals surface area contributed by atoms with Crippen molar-refractivity contribution in [1.82, 2.24) is 0 Å². The Kier molecular flexibility index (Phi) is 6.60. The molecule has 130 valence electrons. The van der Waals surface area contributed by atoms with E-state index < -0.39 is 11.9 Å². The normalized spacial score (nSPS) is 10.5. The van der Waals surface area contributed by atoms with Gasteiger partial charge in [0.15, 0.2) is 6.61 Å². The van der Waals surface area contributed by atoms with Crippen molar-refractivity contribution in [3.63, 3.8) is 0 Å². The predicted molar refractivity (Wildman–Crippen MR) is 97.8 cm³/mol. The van der Waals surface area contributed by atoms with Gasteiger partial charge in [-0.25, -0.2) is 4.79 Å². The molecule has 0 fully saturated rings. The first-order valence-corrected chi connectivity index (χ1v) is 7.90. The van der Waals surface area contributed by atoms with Crippen LogP contribution in [0.3, 0.4) is 0 Å². The summed E-state index contributed by atoms with van der Waals surface area (Å²) in [4.78, 5) is 23.5. The highest BCUT2D eigenvalue weighted by atomic mass is 35.5. The molecule has 2 aromatic carbocycles. The number of methoxy groups -OCH3 is 1. The Morgan fingerprint density at radius 2 is 1.88 bits per heavy atom. The quantitative estimate of drug-likeness (QED) is 0.628. The van der Waals surface area contributed by atoms with Crippen molar-refractivity contribution < 1.29 is 19.1 Å². The van der Waals surface area contributed by atoms with E-state index in [1.54, 1.807) is 55.7 Å². The lowest BCUT2D eigenvalue weighted by Crippen LogP contribution is -2.20. The fourth-order valence-electron chi connectivity index (χ4n) is 2.02. The molecule has 25 heavy (non-hydrogen) atoms. The van der Waals surface area contributed by atoms with Gasteiger partial charge < -0.3 is 14.8 Å². The van der Waals surface area contributed by atoms with Crippen molar-refractivity contribution in [2.75, 3.05) is 19.0 Å². The van der Waals surface area contributed by atoms with Crippen LogP contribution in [0.5, 0.6) is 5.75 Å². The molecule has 0 aliphatic rings. The predicted octanol–water partition coefficient (Wildman–Crippen LogP) is 3.85. The van der Waals surface area contributed by atoms with Gasteiger partial charge in [0.25, 0.3) is 5.91 Å². The number of anilines is 1. The summed E-state index contributed by atoms with van der Waals surface area (Å²) in [5, 5.41) is 3.25. The molecule has 0 saturated carbocycles. The fraction of sp³-hybridized carbons (Fsp3) is 0.158. The van der Waals surface area contributed by atoms with Crippen LogP contribution in [0.1, 0.15) is 11.1 Å². The van der Waals surface area contributed by atoms with Crippen molar-refractivity contribution in [2.24, 2.45) is 0 Å². The molecule has 1 N–H and O–H groups in total. The minimum Gasteiger partial charge on any atom is -0.497 e. The van der Waals surface area contributed by atoms with E-state index in [1.165, 1.54) is 6.08 Å². The van der Waals surface area contributed by atoms with Crippen molar-refractivity contribution >= 4 is 35.2 Å². The average molecular weight is 360 g/mol. The molecule has 0 atom stereocenters. The first-order chi connectivity index (χ1) is 12.0. The minimum atomic E-state index is -0.598. The van der Waals surface area contributed by atoms with E-state index in [1.807, 2.05) is 6.92 Å². The van der Waals surface area contributed by atoms with Gasteiger partial charge in [0, 0.05) is 16.8 Å². The maximum Gasteiger partial charge on any atom is 0.331 e. The molecule has 0 spiro atoms. The molecule has 1 amide bonds. The lowest BCUT2D eigenvalue weighted by Gasteiger charge is -2.08. The second-order valence-electron chi connectivity index (χ2n) is 5.22. The highest BCUT2D eigenvalue weighted by Crippen LogP contribution is 2.19. The number of benzene rings is 2. The molecule has 0 saturated heterocycles. The maximum atomic E-state index is 11.8. The van der Waals surface area contributed by atoms with E-state index in [9.17, 15) is 9.59 Å². The third-order valence-corrected chi connectivity index (χ3v) is 3.57. The molecular formula is C19H18ClNO4. The Balaban J connectivity index is 1.82. The first kappa shape index (κ1) is 18.5. The number of ether oxygens (including phenoxy) is 2. The van der Waals surface area contributed by atoms with Crippen molar-refractivity contribution in [3.05, 3.63) is 64.7 Å². The molecular weight excluding hydrogens is 342 g/mol. The highest BCUT2D eigenvalue weighted by molar-refractivity contribution is 6.30. The summed E-state index contributed by atoms with van der Waals surface area (Å²) in [6.07, 6.45) is 2.87. The molecule has 6 heteroatoms. The van der Waals surface area contributed by atoms with Crippen LogP contribution in [-0.2, 0) is 14.3 Å². The van der Waals surface area contributed by atoms with Gasteiger partial charge in [-0.3, -0.25) is 4.79 Å². The van der Waals surface area contributed by atoms with Crippen LogP contribution in [0.2, 0.25) is 5.02 Å². The zero-order chi connectivity index (χ0) is 18.2. The molecule has 0 aliphatic carbocycles. The van der Waals surface area contributed by atoms with Crippen molar-refractivity contribution in [3.8, 4) is 5.75 Å². The smallest absolute Gasteiger partial charge is 0.331 e. The standard InChI is InChI=1S/C19H18ClNO4/c1-13-11-15(20)6-9-17(13)21-18(22)12-25-19(23)10-5-14-3-7-16(24-2)8-4-14/h3-11H,12H2,1-2H3,(H,21,22)/b10-5+. The van der Waals surface area contributed by atoms with E-state index in [2.05, 4.69) is 5.32 Å². The Morgan fingerprint density at radius 1 is 1.16 bits per heavy atom. The van der Waals surface area contributed by atoms with Crippen LogP contribution >= 0.6 is 11.6 Å². The second kappa shape index (κ2) is 8.89. The van der Waals surface area contributed by atoms with Gasteiger partial charge in [-0.2, -0.15) is 0 Å². The monoisotopic (exact) mass is 359 g/mol. The van der Waals surface area contributed by atoms with E-state index in [-0.39, 0.29) is 6.61 Å². The summed E-state index contributed by atoms with van der Waals surface area (Å²) < 4.78 is 9.97. The fourth-order valence-corrected chi connectivity index (χ4v) is 2.24. The molecule has 0 radical (unpaired) electrons. The lowest BCUT2D eigenvalue weighted by molar-refractivity contribution is -0.142. The van der Waals surface area contributed by atoms with Crippen molar-refractivity contribution in [2.45, 2.75) is 6.92 Å². The van der Waals surface area contributed by atoms with Gasteiger partial charge in [0.05, 0.1) is 7.11 Å². The van der Waals surface area contributed by atoms with Crippen molar-refractivity contribution in [1.29, 1.82) is 0 Å². The topological polar surface area (TPSA) is 64.6 Å². The van der Waals surface area contributed by atoms with Crippen LogP contribution in [0.25, 0.3) is 6.08 Å². The van der Waals surface area contributed by atoms with E-state index in [0.29, 0.717) is 10.7 Å². The molecule has 0 bridgehead atoms. The highest BCUT2D eigenvalue weighted by Gasteiger charge is 2.07. The van der Waals surface area contributed by atoms with E-state index in [4.69, 9.17) is 21.1 Å². The van der Waals surface area contributed by atoms with Gasteiger partial charge in [0.2, 0.25) is 0 Å². The number of aryl methyl sites for hydroxylation is 1. The van der Waals surface area contributed by atoms with Crippen LogP contribution in [-0.4, -0.2) is 25.6 Å². The molecule has 0 aromatic heterocycles. The van der Waals surface area contributed by atoms with Crippen LogP contribution in [0.4, 0.5) is 5.69 Å². The van der Waals surface area contributed by atoms with Gasteiger partial charge in [-0.15, -0.1) is 0 Å². The summed E-state index contributed by atoms with van der Waals surface area (Å²) in [7, 11) is 1.58. The second-order valence-corrected chi connectivity index (χ2v) is 5.66. The summed E-state index contributed by atoms with van der Waals surface area (Å²) in [5.74, 6) is -0.288. The Labute approximate surface area is 151 Å².